The summed E-state index contributed by atoms with van der Waals surface area (Å²) in [5.74, 6) is 0.385. The fraction of sp³-hybridized carbons (Fsp3) is 0.467. The van der Waals surface area contributed by atoms with Crippen LogP contribution in [0.3, 0.4) is 0 Å². The van der Waals surface area contributed by atoms with Crippen molar-refractivity contribution in [3.8, 4) is 0 Å². The van der Waals surface area contributed by atoms with Crippen LogP contribution in [0, 0.1) is 6.92 Å². The Balaban J connectivity index is 2.27. The van der Waals surface area contributed by atoms with Crippen molar-refractivity contribution < 1.29 is 4.79 Å². The normalized spacial score (nSPS) is 12.5. The van der Waals surface area contributed by atoms with Gasteiger partial charge in [0.25, 0.3) is 5.91 Å². The monoisotopic (exact) mass is 319 g/mol. The molecular weight excluding hydrogens is 298 g/mol. The van der Waals surface area contributed by atoms with Crippen LogP contribution in [0.2, 0.25) is 0 Å². The molecule has 2 heterocycles. The molecule has 2 rings (SSSR count). The van der Waals surface area contributed by atoms with Gasteiger partial charge in [0.2, 0.25) is 0 Å². The molecule has 2 N–H and O–H groups in total. The molecule has 1 amide bonds. The number of nitrogens with two attached hydrogens (primary N) is 1. The topological polar surface area (TPSA) is 85.0 Å². The number of carbonyl (C=O) groups excluding carboxylic acids is 1. The maximum atomic E-state index is 12.6. The largest absolute Gasteiger partial charge is 0.383 e. The van der Waals surface area contributed by atoms with E-state index in [-0.39, 0.29) is 17.8 Å². The minimum absolute atomic E-state index is 0.0860. The van der Waals surface area contributed by atoms with Crippen LogP contribution >= 0.6 is 11.3 Å². The van der Waals surface area contributed by atoms with Gasteiger partial charge in [-0.15, -0.1) is 11.3 Å². The van der Waals surface area contributed by atoms with Gasteiger partial charge in [-0.3, -0.25) is 4.79 Å². The Kier molecular flexibility index (Phi) is 4.75. The predicted molar refractivity (Wildman–Crippen MR) is 87.9 cm³/mol. The molecule has 0 saturated heterocycles. The van der Waals surface area contributed by atoms with Gasteiger partial charge in [-0.1, -0.05) is 13.8 Å². The Bertz CT molecular complexity index is 682. The second-order valence-electron chi connectivity index (χ2n) is 5.57. The van der Waals surface area contributed by atoms with E-state index >= 15 is 0 Å². The molecule has 1 unspecified atom stereocenters. The van der Waals surface area contributed by atoms with Crippen LogP contribution in [0.1, 0.15) is 58.7 Å². The number of thiazole rings is 1. The van der Waals surface area contributed by atoms with E-state index in [4.69, 9.17) is 5.73 Å². The number of rotatable bonds is 4. The number of amides is 1. The maximum absolute atomic E-state index is 12.6. The van der Waals surface area contributed by atoms with Crippen LogP contribution < -0.4 is 5.73 Å². The van der Waals surface area contributed by atoms with Crippen LogP contribution in [-0.4, -0.2) is 32.8 Å². The zero-order valence-corrected chi connectivity index (χ0v) is 14.3. The van der Waals surface area contributed by atoms with E-state index < -0.39 is 0 Å². The predicted octanol–water partition coefficient (Wildman–Crippen LogP) is 2.78. The standard InChI is InChI=1S/C15H21N5OS/c1-8(2)14-19-9(3)12(22-14)10(4)20(5)15(21)11-6-17-7-18-13(11)16/h6-8,10H,1-5H3,(H2,16,17,18). The van der Waals surface area contributed by atoms with Crippen molar-refractivity contribution in [2.24, 2.45) is 0 Å². The second kappa shape index (κ2) is 6.39. The third-order valence-electron chi connectivity index (χ3n) is 3.60. The first-order valence-corrected chi connectivity index (χ1v) is 7.94. The smallest absolute Gasteiger partial charge is 0.259 e. The van der Waals surface area contributed by atoms with Crippen LogP contribution in [0.15, 0.2) is 12.5 Å². The van der Waals surface area contributed by atoms with E-state index in [0.717, 1.165) is 15.6 Å². The number of carbonyl (C=O) groups is 1. The third kappa shape index (κ3) is 3.09. The lowest BCUT2D eigenvalue weighted by atomic mass is 10.2. The second-order valence-corrected chi connectivity index (χ2v) is 6.63. The summed E-state index contributed by atoms with van der Waals surface area (Å²) in [6.07, 6.45) is 2.78. The highest BCUT2D eigenvalue weighted by atomic mass is 32.1. The number of hydrogen-bond acceptors (Lipinski definition) is 6. The Morgan fingerprint density at radius 1 is 1.36 bits per heavy atom. The molecule has 0 aromatic carbocycles. The molecule has 0 spiro atoms. The molecule has 7 heteroatoms. The summed E-state index contributed by atoms with van der Waals surface area (Å²) in [6.45, 7) is 8.20. The Morgan fingerprint density at radius 3 is 2.59 bits per heavy atom. The zero-order valence-electron chi connectivity index (χ0n) is 13.5. The molecule has 6 nitrogen and oxygen atoms in total. The number of anilines is 1. The Morgan fingerprint density at radius 2 is 2.05 bits per heavy atom. The summed E-state index contributed by atoms with van der Waals surface area (Å²) >= 11 is 1.65. The van der Waals surface area contributed by atoms with Crippen molar-refractivity contribution in [1.82, 2.24) is 19.9 Å². The molecule has 1 atom stereocenters. The van der Waals surface area contributed by atoms with Crippen molar-refractivity contribution in [2.75, 3.05) is 12.8 Å². The first-order valence-electron chi connectivity index (χ1n) is 7.12. The van der Waals surface area contributed by atoms with Gasteiger partial charge in [0.1, 0.15) is 12.1 Å². The molecule has 0 radical (unpaired) electrons. The fourth-order valence-corrected chi connectivity index (χ4v) is 3.28. The Hall–Kier alpha value is -2.02. The van der Waals surface area contributed by atoms with Crippen LogP contribution in [0.5, 0.6) is 0 Å². The van der Waals surface area contributed by atoms with Gasteiger partial charge in [-0.25, -0.2) is 15.0 Å². The van der Waals surface area contributed by atoms with E-state index in [1.165, 1.54) is 12.5 Å². The number of aromatic nitrogens is 3. The lowest BCUT2D eigenvalue weighted by molar-refractivity contribution is 0.0745. The molecule has 0 bridgehead atoms. The van der Waals surface area contributed by atoms with Crippen molar-refractivity contribution in [1.29, 1.82) is 0 Å². The van der Waals surface area contributed by atoms with Crippen molar-refractivity contribution in [3.63, 3.8) is 0 Å². The van der Waals surface area contributed by atoms with Gasteiger partial charge in [0, 0.05) is 24.0 Å². The summed E-state index contributed by atoms with van der Waals surface area (Å²) in [7, 11) is 1.76. The summed E-state index contributed by atoms with van der Waals surface area (Å²) in [5, 5.41) is 1.09. The molecule has 22 heavy (non-hydrogen) atoms. The quantitative estimate of drug-likeness (QED) is 0.936. The van der Waals surface area contributed by atoms with E-state index in [0.29, 0.717) is 11.5 Å². The van der Waals surface area contributed by atoms with Crippen LogP contribution in [-0.2, 0) is 0 Å². The fourth-order valence-electron chi connectivity index (χ4n) is 2.11. The van der Waals surface area contributed by atoms with Gasteiger partial charge in [-0.2, -0.15) is 0 Å². The van der Waals surface area contributed by atoms with Crippen LogP contribution in [0.4, 0.5) is 5.82 Å². The Labute approximate surface area is 134 Å². The van der Waals surface area contributed by atoms with Gasteiger partial charge in [0.05, 0.1) is 22.3 Å². The van der Waals surface area contributed by atoms with E-state index in [1.54, 1.807) is 23.3 Å². The molecule has 0 fully saturated rings. The maximum Gasteiger partial charge on any atom is 0.259 e. The molecule has 0 aliphatic heterocycles. The van der Waals surface area contributed by atoms with Crippen molar-refractivity contribution in [2.45, 2.75) is 39.7 Å². The lowest BCUT2D eigenvalue weighted by Crippen LogP contribution is -2.30. The van der Waals surface area contributed by atoms with Gasteiger partial charge >= 0.3 is 0 Å². The average molecular weight is 319 g/mol. The van der Waals surface area contributed by atoms with Gasteiger partial charge < -0.3 is 10.6 Å². The molecule has 2 aromatic rings. The summed E-state index contributed by atoms with van der Waals surface area (Å²) < 4.78 is 0. The lowest BCUT2D eigenvalue weighted by Gasteiger charge is -2.24. The highest BCUT2D eigenvalue weighted by Crippen LogP contribution is 2.32. The molecule has 118 valence electrons. The number of nitrogens with zero attached hydrogens (tertiary/aromatic N) is 4. The van der Waals surface area contributed by atoms with Crippen molar-refractivity contribution >= 4 is 23.1 Å². The molecule has 0 aliphatic carbocycles. The molecule has 0 saturated carbocycles. The summed E-state index contributed by atoms with van der Waals surface area (Å²) in [6, 6.07) is -0.0860. The van der Waals surface area contributed by atoms with E-state index in [1.807, 2.05) is 13.8 Å². The molecule has 2 aromatic heterocycles. The molecule has 0 aliphatic rings. The van der Waals surface area contributed by atoms with E-state index in [2.05, 4.69) is 28.8 Å². The number of aryl methyl sites for hydroxylation is 1. The van der Waals surface area contributed by atoms with Crippen LogP contribution in [0.25, 0.3) is 0 Å². The minimum Gasteiger partial charge on any atom is -0.383 e. The van der Waals surface area contributed by atoms with Gasteiger partial charge in [0.15, 0.2) is 0 Å². The first-order chi connectivity index (χ1) is 10.3. The highest BCUT2D eigenvalue weighted by Gasteiger charge is 2.25. The SMILES string of the molecule is Cc1nc(C(C)C)sc1C(C)N(C)C(=O)c1cncnc1N. The highest BCUT2D eigenvalue weighted by molar-refractivity contribution is 7.11. The first kappa shape index (κ1) is 16.4. The number of nitrogen functional groups attached to an aromatic ring is 1. The van der Waals surface area contributed by atoms with Gasteiger partial charge in [-0.05, 0) is 13.8 Å². The summed E-state index contributed by atoms with van der Waals surface area (Å²) in [4.78, 5) is 27.7. The van der Waals surface area contributed by atoms with Crippen molar-refractivity contribution in [3.05, 3.63) is 33.7 Å². The third-order valence-corrected chi connectivity index (χ3v) is 5.23. The minimum atomic E-state index is -0.190. The van der Waals surface area contributed by atoms with E-state index in [9.17, 15) is 4.79 Å². The average Bonchev–Trinajstić information content (AvgIpc) is 2.88. The number of hydrogen-bond donors (Lipinski definition) is 1. The zero-order chi connectivity index (χ0) is 16.4. The molecular formula is C15H21N5OS. The summed E-state index contributed by atoms with van der Waals surface area (Å²) in [5.41, 5.74) is 7.06.